The van der Waals surface area contributed by atoms with Crippen molar-refractivity contribution in [3.05, 3.63) is 46.3 Å². The summed E-state index contributed by atoms with van der Waals surface area (Å²) in [6.07, 6.45) is 1.37. The zero-order chi connectivity index (χ0) is 17.7. The van der Waals surface area contributed by atoms with Gasteiger partial charge in [-0.3, -0.25) is 9.52 Å². The SMILES string of the molecule is CCc1cccc(C)c1NS(=O)(=O)c1ccc(CCNC(C)=O)s1. The average molecular weight is 367 g/mol. The van der Waals surface area contributed by atoms with Gasteiger partial charge in [0, 0.05) is 18.3 Å². The first kappa shape index (κ1) is 18.5. The molecule has 0 bridgehead atoms. The number of hydrogen-bond acceptors (Lipinski definition) is 4. The van der Waals surface area contributed by atoms with Crippen molar-refractivity contribution in [1.29, 1.82) is 0 Å². The minimum atomic E-state index is -3.61. The largest absolute Gasteiger partial charge is 0.356 e. The van der Waals surface area contributed by atoms with E-state index in [4.69, 9.17) is 0 Å². The van der Waals surface area contributed by atoms with Gasteiger partial charge in [0.05, 0.1) is 5.69 Å². The van der Waals surface area contributed by atoms with Gasteiger partial charge in [0.25, 0.3) is 10.0 Å². The van der Waals surface area contributed by atoms with Crippen LogP contribution in [0.1, 0.15) is 29.9 Å². The Bertz CT molecular complexity index is 826. The van der Waals surface area contributed by atoms with Gasteiger partial charge in [-0.15, -0.1) is 11.3 Å². The maximum absolute atomic E-state index is 12.6. The van der Waals surface area contributed by atoms with Crippen molar-refractivity contribution in [3.8, 4) is 0 Å². The van der Waals surface area contributed by atoms with Crippen LogP contribution in [0.15, 0.2) is 34.5 Å². The summed E-state index contributed by atoms with van der Waals surface area (Å²) in [4.78, 5) is 11.8. The van der Waals surface area contributed by atoms with Gasteiger partial charge in [0.15, 0.2) is 0 Å². The molecule has 0 atom stereocenters. The second kappa shape index (κ2) is 7.81. The first-order valence-electron chi connectivity index (χ1n) is 7.78. The smallest absolute Gasteiger partial charge is 0.271 e. The molecule has 2 N–H and O–H groups in total. The molecule has 1 heterocycles. The van der Waals surface area contributed by atoms with Crippen LogP contribution >= 0.6 is 11.3 Å². The molecule has 5 nitrogen and oxygen atoms in total. The van der Waals surface area contributed by atoms with Gasteiger partial charge in [-0.05, 0) is 43.0 Å². The number of amides is 1. The normalized spacial score (nSPS) is 11.3. The molecule has 0 aliphatic rings. The Labute approximate surface area is 147 Å². The lowest BCUT2D eigenvalue weighted by molar-refractivity contribution is -0.118. The zero-order valence-electron chi connectivity index (χ0n) is 14.0. The minimum Gasteiger partial charge on any atom is -0.356 e. The van der Waals surface area contributed by atoms with Crippen LogP contribution in [0.25, 0.3) is 0 Å². The Morgan fingerprint density at radius 3 is 2.62 bits per heavy atom. The fourth-order valence-corrected chi connectivity index (χ4v) is 4.88. The first-order chi connectivity index (χ1) is 11.3. The molecule has 0 aliphatic heterocycles. The van der Waals surface area contributed by atoms with E-state index in [1.165, 1.54) is 18.3 Å². The zero-order valence-corrected chi connectivity index (χ0v) is 15.7. The number of benzene rings is 1. The van der Waals surface area contributed by atoms with E-state index in [0.29, 0.717) is 18.7 Å². The Morgan fingerprint density at radius 1 is 1.21 bits per heavy atom. The molecule has 24 heavy (non-hydrogen) atoms. The number of sulfonamides is 1. The lowest BCUT2D eigenvalue weighted by atomic mass is 10.1. The highest BCUT2D eigenvalue weighted by Gasteiger charge is 2.19. The molecule has 1 aromatic carbocycles. The molecular weight excluding hydrogens is 344 g/mol. The van der Waals surface area contributed by atoms with Crippen LogP contribution in [0.4, 0.5) is 5.69 Å². The summed E-state index contributed by atoms with van der Waals surface area (Å²) in [5.74, 6) is -0.0901. The number of anilines is 1. The molecule has 0 saturated heterocycles. The van der Waals surface area contributed by atoms with Crippen molar-refractivity contribution in [2.24, 2.45) is 0 Å². The summed E-state index contributed by atoms with van der Waals surface area (Å²) >= 11 is 1.23. The van der Waals surface area contributed by atoms with E-state index in [0.717, 1.165) is 22.4 Å². The van der Waals surface area contributed by atoms with Crippen molar-refractivity contribution in [3.63, 3.8) is 0 Å². The van der Waals surface area contributed by atoms with Gasteiger partial charge in [0.1, 0.15) is 4.21 Å². The summed E-state index contributed by atoms with van der Waals surface area (Å²) in [6, 6.07) is 9.15. The third kappa shape index (κ3) is 4.58. The molecule has 1 amide bonds. The third-order valence-corrected chi connectivity index (χ3v) is 6.61. The summed E-state index contributed by atoms with van der Waals surface area (Å²) in [7, 11) is -3.61. The van der Waals surface area contributed by atoms with Crippen LogP contribution < -0.4 is 10.0 Å². The van der Waals surface area contributed by atoms with Gasteiger partial charge in [-0.2, -0.15) is 0 Å². The summed E-state index contributed by atoms with van der Waals surface area (Å²) in [6.45, 7) is 5.85. The van der Waals surface area contributed by atoms with Crippen LogP contribution in [0.3, 0.4) is 0 Å². The van der Waals surface area contributed by atoms with Gasteiger partial charge in [0.2, 0.25) is 5.91 Å². The predicted octanol–water partition coefficient (Wildman–Crippen LogP) is 3.10. The van der Waals surface area contributed by atoms with Gasteiger partial charge in [-0.1, -0.05) is 25.1 Å². The molecule has 2 rings (SSSR count). The summed E-state index contributed by atoms with van der Waals surface area (Å²) < 4.78 is 28.3. The number of carbonyl (C=O) groups is 1. The quantitative estimate of drug-likeness (QED) is 0.791. The molecule has 1 aromatic heterocycles. The third-order valence-electron chi connectivity index (χ3n) is 3.62. The van der Waals surface area contributed by atoms with Gasteiger partial charge >= 0.3 is 0 Å². The van der Waals surface area contributed by atoms with Crippen LogP contribution in [0, 0.1) is 6.92 Å². The second-order valence-corrected chi connectivity index (χ2v) is 8.60. The van der Waals surface area contributed by atoms with Crippen molar-refractivity contribution >= 4 is 33.0 Å². The minimum absolute atomic E-state index is 0.0901. The van der Waals surface area contributed by atoms with E-state index in [9.17, 15) is 13.2 Å². The predicted molar refractivity (Wildman–Crippen MR) is 98.1 cm³/mol. The fraction of sp³-hybridized carbons (Fsp3) is 0.353. The highest BCUT2D eigenvalue weighted by Crippen LogP contribution is 2.28. The van der Waals surface area contributed by atoms with E-state index >= 15 is 0 Å². The summed E-state index contributed by atoms with van der Waals surface area (Å²) in [5, 5.41) is 2.71. The van der Waals surface area contributed by atoms with E-state index in [2.05, 4.69) is 10.0 Å². The Hall–Kier alpha value is -1.86. The van der Waals surface area contributed by atoms with Crippen molar-refractivity contribution in [2.75, 3.05) is 11.3 Å². The first-order valence-corrected chi connectivity index (χ1v) is 10.1. The second-order valence-electron chi connectivity index (χ2n) is 5.52. The number of hydrogen-bond donors (Lipinski definition) is 2. The molecule has 7 heteroatoms. The highest BCUT2D eigenvalue weighted by atomic mass is 32.2. The van der Waals surface area contributed by atoms with E-state index in [1.807, 2.05) is 32.0 Å². The monoisotopic (exact) mass is 366 g/mol. The number of rotatable bonds is 7. The molecule has 0 aliphatic carbocycles. The standard InChI is InChI=1S/C17H22N2O3S2/c1-4-14-7-5-6-12(2)17(14)19-24(21,22)16-9-8-15(23-16)10-11-18-13(3)20/h5-9,19H,4,10-11H2,1-3H3,(H,18,20). The fourth-order valence-electron chi connectivity index (χ4n) is 2.35. The number of para-hydroxylation sites is 1. The molecule has 0 spiro atoms. The van der Waals surface area contributed by atoms with Crippen molar-refractivity contribution in [1.82, 2.24) is 5.32 Å². The topological polar surface area (TPSA) is 75.3 Å². The highest BCUT2D eigenvalue weighted by molar-refractivity contribution is 7.94. The molecule has 0 radical (unpaired) electrons. The van der Waals surface area contributed by atoms with Crippen LogP contribution in [0.2, 0.25) is 0 Å². The number of carbonyl (C=O) groups excluding carboxylic acids is 1. The lowest BCUT2D eigenvalue weighted by Crippen LogP contribution is -2.22. The van der Waals surface area contributed by atoms with Gasteiger partial charge in [-0.25, -0.2) is 8.42 Å². The van der Waals surface area contributed by atoms with Gasteiger partial charge < -0.3 is 5.32 Å². The molecule has 0 unspecified atom stereocenters. The Kier molecular flexibility index (Phi) is 6.01. The van der Waals surface area contributed by atoms with Crippen LogP contribution in [0.5, 0.6) is 0 Å². The van der Waals surface area contributed by atoms with E-state index in [-0.39, 0.29) is 10.1 Å². The Balaban J connectivity index is 2.17. The number of thiophene rings is 1. The van der Waals surface area contributed by atoms with E-state index in [1.54, 1.807) is 12.1 Å². The lowest BCUT2D eigenvalue weighted by Gasteiger charge is -2.13. The maximum atomic E-state index is 12.6. The molecule has 0 fully saturated rings. The number of aryl methyl sites for hydroxylation is 2. The maximum Gasteiger partial charge on any atom is 0.271 e. The molecule has 2 aromatic rings. The Morgan fingerprint density at radius 2 is 1.96 bits per heavy atom. The molecular formula is C17H22N2O3S2. The van der Waals surface area contributed by atoms with Crippen molar-refractivity contribution < 1.29 is 13.2 Å². The molecule has 0 saturated carbocycles. The van der Waals surface area contributed by atoms with Crippen LogP contribution in [-0.2, 0) is 27.7 Å². The molecule has 130 valence electrons. The van der Waals surface area contributed by atoms with Crippen LogP contribution in [-0.4, -0.2) is 20.9 Å². The average Bonchev–Trinajstić information content (AvgIpc) is 2.98. The van der Waals surface area contributed by atoms with E-state index < -0.39 is 10.0 Å². The summed E-state index contributed by atoms with van der Waals surface area (Å²) in [5.41, 5.74) is 2.54. The van der Waals surface area contributed by atoms with Crippen molar-refractivity contribution in [2.45, 2.75) is 37.8 Å². The number of nitrogens with one attached hydrogen (secondary N) is 2.